The molecule has 0 spiro atoms. The number of sulfone groups is 1. The molecule has 0 aromatic carbocycles. The minimum atomic E-state index is -3.73. The van der Waals surface area contributed by atoms with Crippen LogP contribution in [-0.4, -0.2) is 60.7 Å². The number of amides is 2. The van der Waals surface area contributed by atoms with Gasteiger partial charge in [-0.25, -0.2) is 8.42 Å². The van der Waals surface area contributed by atoms with E-state index in [1.54, 1.807) is 0 Å². The first kappa shape index (κ1) is 16.4. The van der Waals surface area contributed by atoms with Crippen LogP contribution in [0.15, 0.2) is 4.52 Å². The Morgan fingerprint density at radius 2 is 2.18 bits per heavy atom. The molecule has 1 aliphatic heterocycles. The fourth-order valence-electron chi connectivity index (χ4n) is 1.93. The summed E-state index contributed by atoms with van der Waals surface area (Å²) in [7, 11) is -3.73. The van der Waals surface area contributed by atoms with E-state index < -0.39 is 27.3 Å². The van der Waals surface area contributed by atoms with Crippen LogP contribution in [0.2, 0.25) is 0 Å². The Morgan fingerprint density at radius 1 is 1.45 bits per heavy atom. The number of nitrogens with one attached hydrogen (secondary N) is 1. The van der Waals surface area contributed by atoms with E-state index in [2.05, 4.69) is 15.5 Å². The summed E-state index contributed by atoms with van der Waals surface area (Å²) < 4.78 is 29.0. The average Bonchev–Trinajstić information content (AvgIpc) is 2.86. The number of carbonyl (C=O) groups excluding carboxylic acids is 2. The number of rotatable bonds is 5. The molecule has 1 fully saturated rings. The van der Waals surface area contributed by atoms with Crippen LogP contribution in [0.4, 0.5) is 0 Å². The molecular weight excluding hydrogens is 312 g/mol. The molecule has 2 rings (SSSR count). The van der Waals surface area contributed by atoms with E-state index in [1.807, 2.05) is 13.8 Å². The average molecular weight is 330 g/mol. The summed E-state index contributed by atoms with van der Waals surface area (Å²) in [6, 6.07) is 0. The lowest BCUT2D eigenvalue weighted by Crippen LogP contribution is -2.51. The largest absolute Gasteiger partial charge is 0.353 e. The van der Waals surface area contributed by atoms with Crippen LogP contribution in [0.1, 0.15) is 31.5 Å². The van der Waals surface area contributed by atoms with Gasteiger partial charge in [0.2, 0.25) is 17.7 Å². The summed E-state index contributed by atoms with van der Waals surface area (Å²) in [6.07, 6.45) is 0. The maximum atomic E-state index is 12.0. The van der Waals surface area contributed by atoms with Crippen LogP contribution in [0.25, 0.3) is 0 Å². The Balaban J connectivity index is 1.97. The minimum absolute atomic E-state index is 0.0219. The van der Waals surface area contributed by atoms with E-state index in [9.17, 15) is 18.0 Å². The molecule has 1 saturated heterocycles. The van der Waals surface area contributed by atoms with Crippen molar-refractivity contribution in [2.45, 2.75) is 25.5 Å². The highest BCUT2D eigenvalue weighted by molar-refractivity contribution is 7.91. The number of nitrogens with zero attached hydrogens (tertiary/aromatic N) is 3. The third-order valence-corrected chi connectivity index (χ3v) is 4.45. The van der Waals surface area contributed by atoms with Crippen molar-refractivity contribution >= 4 is 21.7 Å². The standard InChI is InChI=1S/C12H18N4O5S/c1-8(2)12-14-10(21-15-12)6-22(19,20)7-11(18)16-4-3-13-9(17)5-16/h8H,3-7H2,1-2H3,(H,13,17). The zero-order valence-corrected chi connectivity index (χ0v) is 13.2. The van der Waals surface area contributed by atoms with Gasteiger partial charge >= 0.3 is 0 Å². The molecule has 0 bridgehead atoms. The van der Waals surface area contributed by atoms with Gasteiger partial charge in [0.15, 0.2) is 15.7 Å². The first-order chi connectivity index (χ1) is 10.3. The fraction of sp³-hybridized carbons (Fsp3) is 0.667. The van der Waals surface area contributed by atoms with Crippen molar-refractivity contribution in [3.63, 3.8) is 0 Å². The quantitative estimate of drug-likeness (QED) is 0.739. The molecule has 0 saturated carbocycles. The van der Waals surface area contributed by atoms with Gasteiger partial charge in [0.05, 0.1) is 6.54 Å². The van der Waals surface area contributed by atoms with E-state index in [0.29, 0.717) is 18.9 Å². The maximum Gasteiger partial charge on any atom is 0.241 e. The van der Waals surface area contributed by atoms with Crippen molar-refractivity contribution in [3.8, 4) is 0 Å². The fourth-order valence-corrected chi connectivity index (χ4v) is 3.09. The predicted octanol–water partition coefficient (Wildman–Crippen LogP) is -0.934. The summed E-state index contributed by atoms with van der Waals surface area (Å²) in [6.45, 7) is 4.22. The van der Waals surface area contributed by atoms with Gasteiger partial charge in [0, 0.05) is 19.0 Å². The highest BCUT2D eigenvalue weighted by Crippen LogP contribution is 2.12. The van der Waals surface area contributed by atoms with E-state index >= 15 is 0 Å². The zero-order chi connectivity index (χ0) is 16.3. The van der Waals surface area contributed by atoms with Crippen molar-refractivity contribution in [3.05, 3.63) is 11.7 Å². The van der Waals surface area contributed by atoms with Gasteiger partial charge < -0.3 is 14.7 Å². The lowest BCUT2D eigenvalue weighted by atomic mass is 10.2. The Labute approximate surface area is 128 Å². The van der Waals surface area contributed by atoms with E-state index in [4.69, 9.17) is 4.52 Å². The maximum absolute atomic E-state index is 12.0. The van der Waals surface area contributed by atoms with Crippen LogP contribution in [0.3, 0.4) is 0 Å². The van der Waals surface area contributed by atoms with Crippen LogP contribution in [0, 0.1) is 0 Å². The molecule has 9 nitrogen and oxygen atoms in total. The number of carbonyl (C=O) groups is 2. The third kappa shape index (κ3) is 4.26. The van der Waals surface area contributed by atoms with Crippen LogP contribution < -0.4 is 5.32 Å². The summed E-state index contributed by atoms with van der Waals surface area (Å²) in [4.78, 5) is 28.4. The minimum Gasteiger partial charge on any atom is -0.353 e. The number of aromatic nitrogens is 2. The Morgan fingerprint density at radius 3 is 2.77 bits per heavy atom. The van der Waals surface area contributed by atoms with E-state index in [1.165, 1.54) is 4.90 Å². The predicted molar refractivity (Wildman–Crippen MR) is 75.5 cm³/mol. The molecule has 122 valence electrons. The highest BCUT2D eigenvalue weighted by Gasteiger charge is 2.27. The van der Waals surface area contributed by atoms with Gasteiger partial charge in [-0.2, -0.15) is 4.98 Å². The summed E-state index contributed by atoms with van der Waals surface area (Å²) in [5.74, 6) is -1.65. The molecule has 1 N–H and O–H groups in total. The van der Waals surface area contributed by atoms with E-state index in [-0.39, 0.29) is 24.3 Å². The van der Waals surface area contributed by atoms with Gasteiger partial charge in [-0.15, -0.1) is 0 Å². The van der Waals surface area contributed by atoms with Gasteiger partial charge in [-0.3, -0.25) is 9.59 Å². The molecule has 0 unspecified atom stereocenters. The molecule has 2 heterocycles. The van der Waals surface area contributed by atoms with Crippen LogP contribution in [0.5, 0.6) is 0 Å². The topological polar surface area (TPSA) is 122 Å². The molecule has 0 atom stereocenters. The normalized spacial score (nSPS) is 16.0. The van der Waals surface area contributed by atoms with E-state index in [0.717, 1.165) is 0 Å². The molecule has 22 heavy (non-hydrogen) atoms. The van der Waals surface area contributed by atoms with Gasteiger partial charge in [0.1, 0.15) is 11.5 Å². The van der Waals surface area contributed by atoms with Crippen molar-refractivity contribution in [2.75, 3.05) is 25.4 Å². The number of hydrogen-bond acceptors (Lipinski definition) is 7. The monoisotopic (exact) mass is 330 g/mol. The van der Waals surface area contributed by atoms with Crippen molar-refractivity contribution in [2.24, 2.45) is 0 Å². The van der Waals surface area contributed by atoms with Crippen molar-refractivity contribution in [1.29, 1.82) is 0 Å². The number of piperazine rings is 1. The molecule has 0 aliphatic carbocycles. The second-order valence-corrected chi connectivity index (χ2v) is 7.46. The highest BCUT2D eigenvalue weighted by atomic mass is 32.2. The Kier molecular flexibility index (Phi) is 4.79. The summed E-state index contributed by atoms with van der Waals surface area (Å²) in [5, 5.41) is 6.25. The molecule has 1 aliphatic rings. The molecule has 0 radical (unpaired) electrons. The van der Waals surface area contributed by atoms with Gasteiger partial charge in [-0.1, -0.05) is 19.0 Å². The Hall–Kier alpha value is -1.97. The molecule has 1 aromatic heterocycles. The summed E-state index contributed by atoms with van der Waals surface area (Å²) in [5.41, 5.74) is 0. The number of hydrogen-bond donors (Lipinski definition) is 1. The Bertz CT molecular complexity index is 667. The lowest BCUT2D eigenvalue weighted by molar-refractivity contribution is -0.136. The van der Waals surface area contributed by atoms with Crippen molar-refractivity contribution in [1.82, 2.24) is 20.4 Å². The van der Waals surface area contributed by atoms with Crippen LogP contribution >= 0.6 is 0 Å². The van der Waals surface area contributed by atoms with Crippen LogP contribution in [-0.2, 0) is 25.2 Å². The van der Waals surface area contributed by atoms with Gasteiger partial charge in [0.25, 0.3) is 0 Å². The molecule has 2 amide bonds. The van der Waals surface area contributed by atoms with Gasteiger partial charge in [-0.05, 0) is 0 Å². The molecule has 1 aromatic rings. The van der Waals surface area contributed by atoms with Crippen molar-refractivity contribution < 1.29 is 22.5 Å². The SMILES string of the molecule is CC(C)c1noc(CS(=O)(=O)CC(=O)N2CCNC(=O)C2)n1. The lowest BCUT2D eigenvalue weighted by Gasteiger charge is -2.26. The smallest absolute Gasteiger partial charge is 0.241 e. The third-order valence-electron chi connectivity index (χ3n) is 3.08. The second kappa shape index (κ2) is 6.42. The molecular formula is C12H18N4O5S. The molecule has 10 heteroatoms. The first-order valence-corrected chi connectivity index (χ1v) is 8.66. The first-order valence-electron chi connectivity index (χ1n) is 6.84. The zero-order valence-electron chi connectivity index (χ0n) is 12.4. The second-order valence-electron chi connectivity index (χ2n) is 5.40. The summed E-state index contributed by atoms with van der Waals surface area (Å²) >= 11 is 0.